The summed E-state index contributed by atoms with van der Waals surface area (Å²) in [6, 6.07) is 11.7. The van der Waals surface area contributed by atoms with Gasteiger partial charge in [-0.25, -0.2) is 13.4 Å². The molecule has 2 rings (SSSR count). The minimum Gasteiger partial charge on any atom is -0.377 e. The lowest BCUT2D eigenvalue weighted by molar-refractivity contribution is 0.598. The van der Waals surface area contributed by atoms with E-state index in [0.29, 0.717) is 0 Å². The Balaban J connectivity index is 2.10. The molecule has 0 amide bonds. The van der Waals surface area contributed by atoms with Crippen molar-refractivity contribution >= 4 is 27.3 Å². The number of hydrogen-bond acceptors (Lipinski definition) is 5. The average Bonchev–Trinajstić information content (AvgIpc) is 2.47. The van der Waals surface area contributed by atoms with E-state index in [1.807, 2.05) is 6.26 Å². The third-order valence-electron chi connectivity index (χ3n) is 3.12. The van der Waals surface area contributed by atoms with Crippen LogP contribution in [0, 0.1) is 0 Å². The summed E-state index contributed by atoms with van der Waals surface area (Å²) in [4.78, 5) is 5.20. The van der Waals surface area contributed by atoms with Crippen molar-refractivity contribution in [2.24, 2.45) is 0 Å². The Kier molecular flexibility index (Phi) is 4.90. The molecule has 1 aromatic carbocycles. The van der Waals surface area contributed by atoms with Gasteiger partial charge in [-0.15, -0.1) is 11.8 Å². The molecule has 1 atom stereocenters. The standard InChI is InChI=1S/C15H18N2O2S2/c1-11(12-4-7-14(20-2)8-5-12)17-13-6-9-15(16-10-13)21(3,18)19/h4-11,17H,1-3H3. The number of sulfone groups is 1. The number of anilines is 1. The van der Waals surface area contributed by atoms with Gasteiger partial charge < -0.3 is 5.32 Å². The second-order valence-electron chi connectivity index (χ2n) is 4.80. The number of aromatic nitrogens is 1. The number of rotatable bonds is 5. The molecule has 6 heteroatoms. The lowest BCUT2D eigenvalue weighted by atomic mass is 10.1. The summed E-state index contributed by atoms with van der Waals surface area (Å²) >= 11 is 1.71. The van der Waals surface area contributed by atoms with E-state index in [2.05, 4.69) is 41.5 Å². The van der Waals surface area contributed by atoms with Crippen LogP contribution in [0.25, 0.3) is 0 Å². The molecule has 0 saturated carbocycles. The van der Waals surface area contributed by atoms with Gasteiger partial charge in [0.05, 0.1) is 11.9 Å². The first kappa shape index (κ1) is 15.9. The summed E-state index contributed by atoms with van der Waals surface area (Å²) in [6.45, 7) is 2.05. The third-order valence-corrected chi connectivity index (χ3v) is 4.86. The fraction of sp³-hybridized carbons (Fsp3) is 0.267. The Morgan fingerprint density at radius 2 is 1.81 bits per heavy atom. The molecule has 0 bridgehead atoms. The van der Waals surface area contributed by atoms with E-state index in [9.17, 15) is 8.42 Å². The largest absolute Gasteiger partial charge is 0.377 e. The molecule has 0 radical (unpaired) electrons. The molecular formula is C15H18N2O2S2. The fourth-order valence-corrected chi connectivity index (χ4v) is 2.88. The van der Waals surface area contributed by atoms with Crippen LogP contribution >= 0.6 is 11.8 Å². The van der Waals surface area contributed by atoms with E-state index >= 15 is 0 Å². The van der Waals surface area contributed by atoms with Crippen LogP contribution in [0.4, 0.5) is 5.69 Å². The van der Waals surface area contributed by atoms with Crippen molar-refractivity contribution in [3.8, 4) is 0 Å². The van der Waals surface area contributed by atoms with Crippen LogP contribution in [-0.4, -0.2) is 25.9 Å². The second kappa shape index (κ2) is 6.49. The predicted octanol–water partition coefficient (Wildman–Crippen LogP) is 3.38. The number of nitrogens with zero attached hydrogens (tertiary/aromatic N) is 1. The molecule has 21 heavy (non-hydrogen) atoms. The van der Waals surface area contributed by atoms with Crippen LogP contribution in [0.3, 0.4) is 0 Å². The summed E-state index contributed by atoms with van der Waals surface area (Å²) < 4.78 is 22.7. The predicted molar refractivity (Wildman–Crippen MR) is 87.6 cm³/mol. The first-order valence-corrected chi connectivity index (χ1v) is 9.58. The molecule has 0 aliphatic heterocycles. The maximum absolute atomic E-state index is 11.4. The maximum Gasteiger partial charge on any atom is 0.192 e. The Morgan fingerprint density at radius 3 is 2.29 bits per heavy atom. The minimum absolute atomic E-state index is 0.0880. The van der Waals surface area contributed by atoms with Gasteiger partial charge in [-0.1, -0.05) is 12.1 Å². The molecule has 2 aromatic rings. The van der Waals surface area contributed by atoms with Crippen LogP contribution in [0.1, 0.15) is 18.5 Å². The first-order valence-electron chi connectivity index (χ1n) is 6.47. The van der Waals surface area contributed by atoms with Gasteiger partial charge in [0.2, 0.25) is 0 Å². The van der Waals surface area contributed by atoms with Crippen molar-refractivity contribution in [1.29, 1.82) is 0 Å². The van der Waals surface area contributed by atoms with Gasteiger partial charge in [0.1, 0.15) is 0 Å². The fourth-order valence-electron chi connectivity index (χ4n) is 1.91. The van der Waals surface area contributed by atoms with Gasteiger partial charge in [-0.3, -0.25) is 0 Å². The normalized spacial score (nSPS) is 12.9. The van der Waals surface area contributed by atoms with E-state index in [4.69, 9.17) is 0 Å². The first-order chi connectivity index (χ1) is 9.90. The van der Waals surface area contributed by atoms with Gasteiger partial charge in [0, 0.05) is 17.2 Å². The Bertz CT molecular complexity index is 695. The lowest BCUT2D eigenvalue weighted by Gasteiger charge is -2.16. The quantitative estimate of drug-likeness (QED) is 0.855. The van der Waals surface area contributed by atoms with Gasteiger partial charge in [0.25, 0.3) is 0 Å². The van der Waals surface area contributed by atoms with E-state index in [0.717, 1.165) is 11.9 Å². The van der Waals surface area contributed by atoms with Crippen LogP contribution < -0.4 is 5.32 Å². The number of benzene rings is 1. The van der Waals surface area contributed by atoms with Crippen molar-refractivity contribution in [3.05, 3.63) is 48.2 Å². The van der Waals surface area contributed by atoms with E-state index < -0.39 is 9.84 Å². The number of thioether (sulfide) groups is 1. The van der Waals surface area contributed by atoms with Gasteiger partial charge in [0.15, 0.2) is 14.9 Å². The summed E-state index contributed by atoms with van der Waals surface area (Å²) in [7, 11) is -3.25. The Labute approximate surface area is 129 Å². The molecule has 0 saturated heterocycles. The van der Waals surface area contributed by atoms with E-state index in [1.165, 1.54) is 16.5 Å². The summed E-state index contributed by atoms with van der Waals surface area (Å²) in [6.07, 6.45) is 4.74. The van der Waals surface area contributed by atoms with Crippen LogP contribution in [0.5, 0.6) is 0 Å². The van der Waals surface area contributed by atoms with Crippen LogP contribution in [0.15, 0.2) is 52.5 Å². The monoisotopic (exact) mass is 322 g/mol. The third kappa shape index (κ3) is 4.22. The molecule has 1 heterocycles. The molecular weight excluding hydrogens is 304 g/mol. The van der Waals surface area contributed by atoms with Crippen molar-refractivity contribution in [3.63, 3.8) is 0 Å². The molecule has 0 spiro atoms. The average molecular weight is 322 g/mol. The summed E-state index contributed by atoms with van der Waals surface area (Å²) in [5.41, 5.74) is 1.96. The highest BCUT2D eigenvalue weighted by Gasteiger charge is 2.09. The smallest absolute Gasteiger partial charge is 0.192 e. The Hall–Kier alpha value is -1.53. The highest BCUT2D eigenvalue weighted by Crippen LogP contribution is 2.22. The summed E-state index contributed by atoms with van der Waals surface area (Å²) in [5.74, 6) is 0. The maximum atomic E-state index is 11.4. The SMILES string of the molecule is CSc1ccc(C(C)Nc2ccc(S(C)(=O)=O)nc2)cc1. The van der Waals surface area contributed by atoms with E-state index in [-0.39, 0.29) is 11.1 Å². The molecule has 0 aliphatic carbocycles. The van der Waals surface area contributed by atoms with Crippen molar-refractivity contribution in [2.45, 2.75) is 22.9 Å². The highest BCUT2D eigenvalue weighted by atomic mass is 32.2. The molecule has 0 fully saturated rings. The molecule has 1 aromatic heterocycles. The van der Waals surface area contributed by atoms with Crippen molar-refractivity contribution in [2.75, 3.05) is 17.8 Å². The van der Waals surface area contributed by atoms with Gasteiger partial charge in [-0.2, -0.15) is 0 Å². The number of nitrogens with one attached hydrogen (secondary N) is 1. The zero-order valence-electron chi connectivity index (χ0n) is 12.2. The van der Waals surface area contributed by atoms with Crippen LogP contribution in [-0.2, 0) is 9.84 Å². The topological polar surface area (TPSA) is 59.1 Å². The Morgan fingerprint density at radius 1 is 1.14 bits per heavy atom. The second-order valence-corrected chi connectivity index (χ2v) is 7.64. The highest BCUT2D eigenvalue weighted by molar-refractivity contribution is 7.98. The number of pyridine rings is 1. The zero-order valence-corrected chi connectivity index (χ0v) is 13.8. The zero-order chi connectivity index (χ0) is 15.5. The minimum atomic E-state index is -3.25. The molecule has 4 nitrogen and oxygen atoms in total. The van der Waals surface area contributed by atoms with E-state index in [1.54, 1.807) is 24.0 Å². The number of hydrogen-bond donors (Lipinski definition) is 1. The molecule has 1 N–H and O–H groups in total. The lowest BCUT2D eigenvalue weighted by Crippen LogP contribution is -2.07. The van der Waals surface area contributed by atoms with Crippen LogP contribution in [0.2, 0.25) is 0 Å². The van der Waals surface area contributed by atoms with Gasteiger partial charge in [-0.05, 0) is 43.0 Å². The van der Waals surface area contributed by atoms with Crippen molar-refractivity contribution in [1.82, 2.24) is 4.98 Å². The van der Waals surface area contributed by atoms with Crippen molar-refractivity contribution < 1.29 is 8.42 Å². The summed E-state index contributed by atoms with van der Waals surface area (Å²) in [5, 5.41) is 3.40. The van der Waals surface area contributed by atoms with Gasteiger partial charge >= 0.3 is 0 Å². The molecule has 112 valence electrons. The molecule has 1 unspecified atom stereocenters. The molecule has 0 aliphatic rings.